The first-order chi connectivity index (χ1) is 7.17. The van der Waals surface area contributed by atoms with E-state index < -0.39 is 0 Å². The zero-order chi connectivity index (χ0) is 11.3. The van der Waals surface area contributed by atoms with Gasteiger partial charge < -0.3 is 10.9 Å². The lowest BCUT2D eigenvalue weighted by Crippen LogP contribution is -2.42. The topological polar surface area (TPSA) is 61.9 Å². The van der Waals surface area contributed by atoms with E-state index in [1.807, 2.05) is 0 Å². The minimum Gasteiger partial charge on any atom is -0.409 e. The summed E-state index contributed by atoms with van der Waals surface area (Å²) in [5, 5.41) is 11.6. The summed E-state index contributed by atoms with van der Waals surface area (Å²) >= 11 is 0. The van der Waals surface area contributed by atoms with Gasteiger partial charge in [-0.2, -0.15) is 0 Å². The Morgan fingerprint density at radius 3 is 2.60 bits per heavy atom. The van der Waals surface area contributed by atoms with Crippen molar-refractivity contribution in [1.82, 2.24) is 4.90 Å². The smallest absolute Gasteiger partial charge is 0.140 e. The highest BCUT2D eigenvalue weighted by molar-refractivity contribution is 5.80. The summed E-state index contributed by atoms with van der Waals surface area (Å²) in [4.78, 5) is 2.47. The molecule has 1 aliphatic rings. The molecule has 0 saturated carbocycles. The molecule has 4 heteroatoms. The van der Waals surface area contributed by atoms with Crippen molar-refractivity contribution in [3.05, 3.63) is 0 Å². The second-order valence-corrected chi connectivity index (χ2v) is 4.58. The second kappa shape index (κ2) is 5.95. The third-order valence-corrected chi connectivity index (χ3v) is 3.38. The maximum Gasteiger partial charge on any atom is 0.140 e. The first kappa shape index (κ1) is 12.3. The fourth-order valence-corrected chi connectivity index (χ4v) is 2.21. The number of likely N-dealkylation sites (tertiary alicyclic amines) is 1. The van der Waals surface area contributed by atoms with Crippen LogP contribution >= 0.6 is 0 Å². The third-order valence-electron chi connectivity index (χ3n) is 3.38. The quantitative estimate of drug-likeness (QED) is 0.323. The fraction of sp³-hybridized carbons (Fsp3) is 0.909. The maximum absolute atomic E-state index is 8.56. The zero-order valence-corrected chi connectivity index (χ0v) is 9.82. The van der Waals surface area contributed by atoms with Crippen molar-refractivity contribution in [3.63, 3.8) is 0 Å². The van der Waals surface area contributed by atoms with Crippen LogP contribution in [0.2, 0.25) is 0 Å². The van der Waals surface area contributed by atoms with Crippen LogP contribution in [0.4, 0.5) is 0 Å². The average Bonchev–Trinajstić information content (AvgIpc) is 2.27. The van der Waals surface area contributed by atoms with Gasteiger partial charge >= 0.3 is 0 Å². The van der Waals surface area contributed by atoms with E-state index >= 15 is 0 Å². The number of hydrogen-bond acceptors (Lipinski definition) is 3. The Kier molecular flexibility index (Phi) is 4.88. The van der Waals surface area contributed by atoms with E-state index in [9.17, 15) is 0 Å². The minimum atomic E-state index is 0.348. The summed E-state index contributed by atoms with van der Waals surface area (Å²) < 4.78 is 0. The van der Waals surface area contributed by atoms with Gasteiger partial charge in [0.15, 0.2) is 0 Å². The standard InChI is InChI=1S/C11H23N3O/c1-3-10(8-11(12)13-15)14-6-4-9(2)5-7-14/h9-10,15H,3-8H2,1-2H3,(H2,12,13). The lowest BCUT2D eigenvalue weighted by Gasteiger charge is -2.36. The van der Waals surface area contributed by atoms with E-state index in [1.54, 1.807) is 0 Å². The predicted molar refractivity (Wildman–Crippen MR) is 62.1 cm³/mol. The number of piperidine rings is 1. The normalized spacial score (nSPS) is 22.9. The monoisotopic (exact) mass is 213 g/mol. The van der Waals surface area contributed by atoms with Gasteiger partial charge in [0.05, 0.1) is 0 Å². The Balaban J connectivity index is 2.44. The predicted octanol–water partition coefficient (Wildman–Crippen LogP) is 1.63. The van der Waals surface area contributed by atoms with E-state index in [1.165, 1.54) is 12.8 Å². The molecule has 0 amide bonds. The fourth-order valence-electron chi connectivity index (χ4n) is 2.21. The lowest BCUT2D eigenvalue weighted by molar-refractivity contribution is 0.136. The summed E-state index contributed by atoms with van der Waals surface area (Å²) in [6.07, 6.45) is 4.28. The largest absolute Gasteiger partial charge is 0.409 e. The second-order valence-electron chi connectivity index (χ2n) is 4.58. The maximum atomic E-state index is 8.56. The van der Waals surface area contributed by atoms with Crippen molar-refractivity contribution in [2.24, 2.45) is 16.8 Å². The van der Waals surface area contributed by atoms with Crippen LogP contribution in [-0.4, -0.2) is 35.1 Å². The van der Waals surface area contributed by atoms with Gasteiger partial charge in [-0.1, -0.05) is 19.0 Å². The van der Waals surface area contributed by atoms with E-state index in [0.717, 1.165) is 25.4 Å². The van der Waals surface area contributed by atoms with Crippen LogP contribution in [-0.2, 0) is 0 Å². The number of hydrogen-bond donors (Lipinski definition) is 2. The molecule has 1 unspecified atom stereocenters. The van der Waals surface area contributed by atoms with Crippen LogP contribution in [0.25, 0.3) is 0 Å². The highest BCUT2D eigenvalue weighted by Crippen LogP contribution is 2.20. The van der Waals surface area contributed by atoms with E-state index in [4.69, 9.17) is 10.9 Å². The molecule has 0 radical (unpaired) electrons. The van der Waals surface area contributed by atoms with Gasteiger partial charge in [0, 0.05) is 12.5 Å². The molecule has 1 rings (SSSR count). The van der Waals surface area contributed by atoms with Crippen LogP contribution in [0.1, 0.15) is 39.5 Å². The minimum absolute atomic E-state index is 0.348. The molecule has 0 aromatic heterocycles. The van der Waals surface area contributed by atoms with Gasteiger partial charge in [0.2, 0.25) is 0 Å². The molecule has 0 aromatic rings. The van der Waals surface area contributed by atoms with E-state index in [-0.39, 0.29) is 0 Å². The van der Waals surface area contributed by atoms with Crippen LogP contribution in [0.5, 0.6) is 0 Å². The van der Waals surface area contributed by atoms with Gasteiger partial charge in [-0.25, -0.2) is 0 Å². The Morgan fingerprint density at radius 1 is 1.53 bits per heavy atom. The summed E-state index contributed by atoms with van der Waals surface area (Å²) in [7, 11) is 0. The Labute approximate surface area is 92.1 Å². The Morgan fingerprint density at radius 2 is 2.13 bits per heavy atom. The summed E-state index contributed by atoms with van der Waals surface area (Å²) in [6.45, 7) is 6.77. The lowest BCUT2D eigenvalue weighted by atomic mass is 9.96. The van der Waals surface area contributed by atoms with Crippen molar-refractivity contribution in [3.8, 4) is 0 Å². The summed E-state index contributed by atoms with van der Waals surface area (Å²) in [5.41, 5.74) is 5.56. The highest BCUT2D eigenvalue weighted by Gasteiger charge is 2.22. The summed E-state index contributed by atoms with van der Waals surface area (Å²) in [6, 6.07) is 0.438. The van der Waals surface area contributed by atoms with E-state index in [0.29, 0.717) is 18.3 Å². The molecule has 1 aliphatic heterocycles. The molecule has 3 N–H and O–H groups in total. The van der Waals surface area contributed by atoms with Gasteiger partial charge in [-0.05, 0) is 38.3 Å². The third kappa shape index (κ3) is 3.70. The zero-order valence-electron chi connectivity index (χ0n) is 9.82. The Bertz CT molecular complexity index is 210. The molecule has 0 spiro atoms. The number of oxime groups is 1. The van der Waals surface area contributed by atoms with Crippen LogP contribution in [0.3, 0.4) is 0 Å². The van der Waals surface area contributed by atoms with Crippen molar-refractivity contribution in [1.29, 1.82) is 0 Å². The number of nitrogens with two attached hydrogens (primary N) is 1. The SMILES string of the molecule is CCC(C/C(N)=N/O)N1CCC(C)CC1. The molecule has 1 heterocycles. The first-order valence-electron chi connectivity index (χ1n) is 5.87. The molecule has 1 fully saturated rings. The molecule has 0 aromatic carbocycles. The summed E-state index contributed by atoms with van der Waals surface area (Å²) in [5.74, 6) is 1.20. The van der Waals surface area contributed by atoms with Crippen molar-refractivity contribution in [2.75, 3.05) is 13.1 Å². The molecular formula is C11H23N3O. The first-order valence-corrected chi connectivity index (χ1v) is 5.87. The van der Waals surface area contributed by atoms with Gasteiger partial charge in [0.1, 0.15) is 5.84 Å². The molecule has 4 nitrogen and oxygen atoms in total. The van der Waals surface area contributed by atoms with Crippen molar-refractivity contribution in [2.45, 2.75) is 45.6 Å². The molecule has 0 aliphatic carbocycles. The van der Waals surface area contributed by atoms with Crippen molar-refractivity contribution < 1.29 is 5.21 Å². The van der Waals surface area contributed by atoms with Crippen molar-refractivity contribution >= 4 is 5.84 Å². The number of nitrogens with zero attached hydrogens (tertiary/aromatic N) is 2. The van der Waals surface area contributed by atoms with Gasteiger partial charge in [-0.3, -0.25) is 4.90 Å². The molecular weight excluding hydrogens is 190 g/mol. The van der Waals surface area contributed by atoms with Crippen LogP contribution < -0.4 is 5.73 Å². The number of rotatable bonds is 4. The molecule has 0 bridgehead atoms. The molecule has 1 saturated heterocycles. The van der Waals surface area contributed by atoms with Gasteiger partial charge in [0.25, 0.3) is 0 Å². The van der Waals surface area contributed by atoms with Crippen LogP contribution in [0.15, 0.2) is 5.16 Å². The average molecular weight is 213 g/mol. The molecule has 1 atom stereocenters. The van der Waals surface area contributed by atoms with Crippen LogP contribution in [0, 0.1) is 5.92 Å². The Hall–Kier alpha value is -0.770. The van der Waals surface area contributed by atoms with Gasteiger partial charge in [-0.15, -0.1) is 0 Å². The molecule has 15 heavy (non-hydrogen) atoms. The molecule has 88 valence electrons. The highest BCUT2D eigenvalue weighted by atomic mass is 16.4. The van der Waals surface area contributed by atoms with E-state index in [2.05, 4.69) is 23.9 Å². The number of amidine groups is 1.